The highest BCUT2D eigenvalue weighted by Gasteiger charge is 2.34. The SMILES string of the molecule is COc1ccc(NC2=NN(c3ccccc3)CC2(C)C)cc1. The molecule has 0 fully saturated rings. The predicted octanol–water partition coefficient (Wildman–Crippen LogP) is 3.97. The van der Waals surface area contributed by atoms with E-state index in [2.05, 4.69) is 31.3 Å². The van der Waals surface area contributed by atoms with Crippen LogP contribution in [0.1, 0.15) is 13.8 Å². The number of hydrogen-bond acceptors (Lipinski definition) is 4. The molecule has 2 aromatic rings. The number of hydrazone groups is 1. The molecule has 0 saturated carbocycles. The van der Waals surface area contributed by atoms with Crippen molar-refractivity contribution in [2.24, 2.45) is 10.5 Å². The summed E-state index contributed by atoms with van der Waals surface area (Å²) in [6, 6.07) is 18.1. The lowest BCUT2D eigenvalue weighted by molar-refractivity contribution is 0.415. The Kier molecular flexibility index (Phi) is 3.75. The zero-order valence-electron chi connectivity index (χ0n) is 13.2. The molecule has 1 aliphatic rings. The van der Waals surface area contributed by atoms with Gasteiger partial charge in [0.05, 0.1) is 19.3 Å². The molecule has 0 spiro atoms. The number of anilines is 2. The topological polar surface area (TPSA) is 36.9 Å². The van der Waals surface area contributed by atoms with E-state index in [1.165, 1.54) is 0 Å². The standard InChI is InChI=1S/C18H21N3O/c1-18(2)13-21(15-7-5-4-6-8-15)20-17(18)19-14-9-11-16(22-3)12-10-14/h4-12H,13H2,1-3H3,(H,19,20). The molecule has 114 valence electrons. The summed E-state index contributed by atoms with van der Waals surface area (Å²) in [6.45, 7) is 5.26. The van der Waals surface area contributed by atoms with Gasteiger partial charge in [0.15, 0.2) is 0 Å². The van der Waals surface area contributed by atoms with Gasteiger partial charge in [-0.15, -0.1) is 0 Å². The van der Waals surface area contributed by atoms with Crippen LogP contribution in [0.25, 0.3) is 0 Å². The summed E-state index contributed by atoms with van der Waals surface area (Å²) in [5, 5.41) is 10.2. The first-order chi connectivity index (χ1) is 10.6. The Morgan fingerprint density at radius 2 is 1.73 bits per heavy atom. The molecule has 4 heteroatoms. The maximum absolute atomic E-state index is 5.19. The average molecular weight is 295 g/mol. The lowest BCUT2D eigenvalue weighted by Crippen LogP contribution is -2.31. The van der Waals surface area contributed by atoms with Gasteiger partial charge in [-0.2, -0.15) is 5.10 Å². The average Bonchev–Trinajstić information content (AvgIpc) is 2.84. The maximum atomic E-state index is 5.19. The zero-order chi connectivity index (χ0) is 15.6. The van der Waals surface area contributed by atoms with Crippen molar-refractivity contribution in [2.45, 2.75) is 13.8 Å². The molecule has 0 radical (unpaired) electrons. The molecule has 4 nitrogen and oxygen atoms in total. The predicted molar refractivity (Wildman–Crippen MR) is 91.6 cm³/mol. The van der Waals surface area contributed by atoms with E-state index in [1.807, 2.05) is 47.5 Å². The molecule has 0 aliphatic carbocycles. The van der Waals surface area contributed by atoms with Gasteiger partial charge in [0.2, 0.25) is 0 Å². The fourth-order valence-corrected chi connectivity index (χ4v) is 2.50. The molecule has 1 N–H and O–H groups in total. The van der Waals surface area contributed by atoms with Gasteiger partial charge in [0.1, 0.15) is 11.6 Å². The molecule has 0 bridgehead atoms. The lowest BCUT2D eigenvalue weighted by Gasteiger charge is -2.21. The van der Waals surface area contributed by atoms with Crippen LogP contribution in [0.2, 0.25) is 0 Å². The lowest BCUT2D eigenvalue weighted by atomic mass is 9.92. The van der Waals surface area contributed by atoms with Crippen molar-refractivity contribution in [1.82, 2.24) is 0 Å². The van der Waals surface area contributed by atoms with Gasteiger partial charge in [0.25, 0.3) is 0 Å². The number of nitrogens with zero attached hydrogens (tertiary/aromatic N) is 2. The third-order valence-corrected chi connectivity index (χ3v) is 3.81. The second-order valence-corrected chi connectivity index (χ2v) is 6.08. The Labute approximate surface area is 131 Å². The summed E-state index contributed by atoms with van der Waals surface area (Å²) in [7, 11) is 1.67. The number of rotatable bonds is 3. The largest absolute Gasteiger partial charge is 0.497 e. The molecular weight excluding hydrogens is 274 g/mol. The van der Waals surface area contributed by atoms with Crippen LogP contribution in [0.4, 0.5) is 11.4 Å². The Bertz CT molecular complexity index is 662. The van der Waals surface area contributed by atoms with Crippen LogP contribution in [-0.2, 0) is 0 Å². The number of methoxy groups -OCH3 is 1. The first-order valence-corrected chi connectivity index (χ1v) is 7.41. The molecule has 3 rings (SSSR count). The number of hydrogen-bond donors (Lipinski definition) is 1. The van der Waals surface area contributed by atoms with Crippen LogP contribution in [0.5, 0.6) is 5.75 Å². The Balaban J connectivity index is 1.81. The van der Waals surface area contributed by atoms with E-state index in [4.69, 9.17) is 9.84 Å². The maximum Gasteiger partial charge on any atom is 0.134 e. The van der Waals surface area contributed by atoms with Gasteiger partial charge >= 0.3 is 0 Å². The second-order valence-electron chi connectivity index (χ2n) is 6.08. The summed E-state index contributed by atoms with van der Waals surface area (Å²) >= 11 is 0. The molecule has 0 atom stereocenters. The molecule has 0 saturated heterocycles. The molecule has 0 aromatic heterocycles. The minimum absolute atomic E-state index is 0.0320. The fourth-order valence-electron chi connectivity index (χ4n) is 2.50. The minimum atomic E-state index is -0.0320. The van der Waals surface area contributed by atoms with Gasteiger partial charge in [0, 0.05) is 11.1 Å². The van der Waals surface area contributed by atoms with Gasteiger partial charge in [-0.1, -0.05) is 32.0 Å². The van der Waals surface area contributed by atoms with E-state index < -0.39 is 0 Å². The molecule has 2 aromatic carbocycles. The van der Waals surface area contributed by atoms with Crippen LogP contribution in [0, 0.1) is 5.41 Å². The number of amidine groups is 1. The smallest absolute Gasteiger partial charge is 0.134 e. The summed E-state index contributed by atoms with van der Waals surface area (Å²) in [4.78, 5) is 0. The third-order valence-electron chi connectivity index (χ3n) is 3.81. The van der Waals surface area contributed by atoms with E-state index >= 15 is 0 Å². The normalized spacial score (nSPS) is 16.3. The number of ether oxygens (including phenoxy) is 1. The fraction of sp³-hybridized carbons (Fsp3) is 0.278. The third kappa shape index (κ3) is 2.91. The monoisotopic (exact) mass is 295 g/mol. The highest BCUT2D eigenvalue weighted by molar-refractivity contribution is 6.01. The number of para-hydroxylation sites is 1. The highest BCUT2D eigenvalue weighted by Crippen LogP contribution is 2.31. The van der Waals surface area contributed by atoms with Crippen molar-refractivity contribution in [3.05, 3.63) is 54.6 Å². The molecule has 1 heterocycles. The van der Waals surface area contributed by atoms with Crippen LogP contribution in [0.3, 0.4) is 0 Å². The van der Waals surface area contributed by atoms with Gasteiger partial charge in [-0.25, -0.2) is 0 Å². The molecule has 0 amide bonds. The first-order valence-electron chi connectivity index (χ1n) is 7.41. The van der Waals surface area contributed by atoms with Crippen molar-refractivity contribution in [2.75, 3.05) is 24.0 Å². The first kappa shape index (κ1) is 14.4. The summed E-state index contributed by atoms with van der Waals surface area (Å²) in [6.07, 6.45) is 0. The van der Waals surface area contributed by atoms with Crippen molar-refractivity contribution in [1.29, 1.82) is 0 Å². The van der Waals surface area contributed by atoms with Gasteiger partial charge in [-0.3, -0.25) is 5.01 Å². The Hall–Kier alpha value is -2.49. The van der Waals surface area contributed by atoms with Crippen molar-refractivity contribution >= 4 is 17.2 Å². The summed E-state index contributed by atoms with van der Waals surface area (Å²) in [5.74, 6) is 1.82. The van der Waals surface area contributed by atoms with E-state index in [1.54, 1.807) is 7.11 Å². The Morgan fingerprint density at radius 3 is 2.36 bits per heavy atom. The van der Waals surface area contributed by atoms with Crippen molar-refractivity contribution < 1.29 is 4.74 Å². The second kappa shape index (κ2) is 5.72. The Morgan fingerprint density at radius 1 is 1.05 bits per heavy atom. The van der Waals surface area contributed by atoms with Crippen molar-refractivity contribution in [3.8, 4) is 5.75 Å². The van der Waals surface area contributed by atoms with E-state index in [0.29, 0.717) is 0 Å². The molecule has 22 heavy (non-hydrogen) atoms. The van der Waals surface area contributed by atoms with E-state index in [0.717, 1.165) is 29.5 Å². The van der Waals surface area contributed by atoms with E-state index in [9.17, 15) is 0 Å². The quantitative estimate of drug-likeness (QED) is 0.931. The van der Waals surface area contributed by atoms with E-state index in [-0.39, 0.29) is 5.41 Å². The summed E-state index contributed by atoms with van der Waals surface area (Å²) < 4.78 is 5.19. The minimum Gasteiger partial charge on any atom is -0.497 e. The number of benzene rings is 2. The van der Waals surface area contributed by atoms with Gasteiger partial charge < -0.3 is 10.1 Å². The molecule has 1 aliphatic heterocycles. The van der Waals surface area contributed by atoms with Crippen molar-refractivity contribution in [3.63, 3.8) is 0 Å². The zero-order valence-corrected chi connectivity index (χ0v) is 13.2. The van der Waals surface area contributed by atoms with Crippen LogP contribution in [-0.4, -0.2) is 19.5 Å². The highest BCUT2D eigenvalue weighted by atomic mass is 16.5. The molecule has 0 unspecified atom stereocenters. The number of nitrogens with one attached hydrogen (secondary N) is 1. The van der Waals surface area contributed by atoms with Crippen LogP contribution < -0.4 is 15.1 Å². The van der Waals surface area contributed by atoms with Crippen LogP contribution >= 0.6 is 0 Å². The summed E-state index contributed by atoms with van der Waals surface area (Å²) in [5.41, 5.74) is 2.10. The van der Waals surface area contributed by atoms with Gasteiger partial charge in [-0.05, 0) is 36.4 Å². The molecular formula is C18H21N3O. The van der Waals surface area contributed by atoms with Crippen LogP contribution in [0.15, 0.2) is 59.7 Å².